The van der Waals surface area contributed by atoms with E-state index in [9.17, 15) is 9.90 Å². The zero-order chi connectivity index (χ0) is 27.5. The molecule has 0 saturated heterocycles. The van der Waals surface area contributed by atoms with Crippen molar-refractivity contribution in [2.45, 2.75) is 19.9 Å². The van der Waals surface area contributed by atoms with Crippen LogP contribution in [0.2, 0.25) is 0 Å². The number of benzene rings is 3. The van der Waals surface area contributed by atoms with Crippen molar-refractivity contribution >= 4 is 28.1 Å². The van der Waals surface area contributed by atoms with Crippen LogP contribution in [0, 0.1) is 6.92 Å². The van der Waals surface area contributed by atoms with E-state index in [1.807, 2.05) is 41.8 Å². The number of nitrogens with one attached hydrogen (secondary N) is 2. The summed E-state index contributed by atoms with van der Waals surface area (Å²) in [6, 6.07) is 29.4. The van der Waals surface area contributed by atoms with Crippen LogP contribution in [-0.4, -0.2) is 37.1 Å². The summed E-state index contributed by atoms with van der Waals surface area (Å²) in [6.07, 6.45) is 2.26. The van der Waals surface area contributed by atoms with Gasteiger partial charge in [0.25, 0.3) is 0 Å². The Morgan fingerprint density at radius 1 is 0.900 bits per heavy atom. The lowest BCUT2D eigenvalue weighted by Crippen LogP contribution is -2.21. The van der Waals surface area contributed by atoms with Crippen LogP contribution in [0.5, 0.6) is 5.75 Å². The molecule has 3 aromatic heterocycles. The van der Waals surface area contributed by atoms with E-state index in [1.165, 1.54) is 0 Å². The predicted octanol–water partition coefficient (Wildman–Crippen LogP) is 5.74. The Morgan fingerprint density at radius 3 is 2.48 bits per heavy atom. The number of aromatic nitrogens is 4. The monoisotopic (exact) mass is 528 g/mol. The average molecular weight is 529 g/mol. The number of hydrogen-bond donors (Lipinski definition) is 3. The van der Waals surface area contributed by atoms with Crippen LogP contribution >= 0.6 is 0 Å². The molecule has 3 N–H and O–H groups in total. The maximum atomic E-state index is 12.2. The number of aromatic hydroxyl groups is 1. The molecule has 0 atom stereocenters. The Morgan fingerprint density at radius 2 is 1.68 bits per heavy atom. The smallest absolute Gasteiger partial charge is 0.225 e. The van der Waals surface area contributed by atoms with Gasteiger partial charge < -0.3 is 15.7 Å². The van der Waals surface area contributed by atoms with E-state index in [4.69, 9.17) is 4.98 Å². The number of rotatable bonds is 8. The van der Waals surface area contributed by atoms with E-state index in [1.54, 1.807) is 24.3 Å². The van der Waals surface area contributed by atoms with Crippen molar-refractivity contribution in [3.05, 3.63) is 109 Å². The van der Waals surface area contributed by atoms with Gasteiger partial charge in [-0.1, -0.05) is 66.7 Å². The maximum absolute atomic E-state index is 12.2. The molecule has 0 aliphatic heterocycles. The van der Waals surface area contributed by atoms with E-state index in [0.29, 0.717) is 25.2 Å². The Bertz CT molecular complexity index is 1810. The second kappa shape index (κ2) is 11.0. The van der Waals surface area contributed by atoms with Gasteiger partial charge in [-0.2, -0.15) is 0 Å². The van der Waals surface area contributed by atoms with Crippen molar-refractivity contribution < 1.29 is 9.90 Å². The molecule has 3 aromatic carbocycles. The van der Waals surface area contributed by atoms with Crippen molar-refractivity contribution in [2.75, 3.05) is 11.9 Å². The molecule has 0 bridgehead atoms. The number of anilines is 1. The number of aryl methyl sites for hydroxylation is 1. The lowest BCUT2D eigenvalue weighted by Gasteiger charge is -2.13. The molecule has 0 unspecified atom stereocenters. The van der Waals surface area contributed by atoms with E-state index in [-0.39, 0.29) is 11.7 Å². The molecule has 0 radical (unpaired) electrons. The minimum atomic E-state index is -0.154. The molecule has 40 heavy (non-hydrogen) atoms. The minimum Gasteiger partial charge on any atom is -0.506 e. The van der Waals surface area contributed by atoms with Gasteiger partial charge in [0.05, 0.1) is 16.9 Å². The first-order valence-electron chi connectivity index (χ1n) is 13.2. The fraction of sp³-hybridized carbons (Fsp3) is 0.125. The highest BCUT2D eigenvalue weighted by atomic mass is 16.3. The third-order valence-electron chi connectivity index (χ3n) is 6.89. The summed E-state index contributed by atoms with van der Waals surface area (Å²) in [5.74, 6) is 0.739. The van der Waals surface area contributed by atoms with Gasteiger partial charge in [-0.3, -0.25) is 9.20 Å². The van der Waals surface area contributed by atoms with Crippen LogP contribution in [-0.2, 0) is 11.3 Å². The summed E-state index contributed by atoms with van der Waals surface area (Å²) in [4.78, 5) is 17.3. The van der Waals surface area contributed by atoms with Crippen LogP contribution in [0.1, 0.15) is 17.8 Å². The molecule has 6 rings (SSSR count). The van der Waals surface area contributed by atoms with E-state index in [0.717, 1.165) is 50.3 Å². The highest BCUT2D eigenvalue weighted by Crippen LogP contribution is 2.34. The van der Waals surface area contributed by atoms with E-state index < -0.39 is 0 Å². The van der Waals surface area contributed by atoms with Gasteiger partial charge in [0.1, 0.15) is 11.6 Å². The molecule has 8 heteroatoms. The molecule has 1 amide bonds. The number of pyridine rings is 2. The number of hydrogen-bond acceptors (Lipinski definition) is 6. The van der Waals surface area contributed by atoms with Gasteiger partial charge in [0, 0.05) is 42.2 Å². The number of fused-ring (bicyclic) bond motifs is 3. The molecule has 0 spiro atoms. The fourth-order valence-corrected chi connectivity index (χ4v) is 4.78. The van der Waals surface area contributed by atoms with Crippen LogP contribution in [0.3, 0.4) is 0 Å². The highest BCUT2D eigenvalue weighted by molar-refractivity contribution is 5.98. The zero-order valence-electron chi connectivity index (χ0n) is 22.0. The second-order valence-electron chi connectivity index (χ2n) is 9.63. The molecule has 6 aromatic rings. The first kappa shape index (κ1) is 25.2. The maximum Gasteiger partial charge on any atom is 0.225 e. The standard InChI is InChI=1S/C32H28N6O2/c1-21-36-37-32-26-19-25(23-7-3-2-4-8-23)31(35-27(26)16-18-38(21)32)24-13-11-22(12-14-24)20-33-17-15-30(40)34-28-9-5-6-10-29(28)39/h2-14,16,18-19,33,39H,15,17,20H2,1H3,(H,34,40). The minimum absolute atomic E-state index is 0.0575. The van der Waals surface area contributed by atoms with Gasteiger partial charge in [-0.15, -0.1) is 10.2 Å². The van der Waals surface area contributed by atoms with Crippen LogP contribution < -0.4 is 10.6 Å². The average Bonchev–Trinajstić information content (AvgIpc) is 3.37. The second-order valence-corrected chi connectivity index (χ2v) is 9.63. The van der Waals surface area contributed by atoms with Gasteiger partial charge in [-0.25, -0.2) is 4.98 Å². The number of nitrogens with zero attached hydrogens (tertiary/aromatic N) is 4. The van der Waals surface area contributed by atoms with Crippen LogP contribution in [0.25, 0.3) is 38.9 Å². The van der Waals surface area contributed by atoms with Crippen molar-refractivity contribution in [2.24, 2.45) is 0 Å². The molecule has 0 aliphatic rings. The lowest BCUT2D eigenvalue weighted by atomic mass is 9.97. The number of phenolic OH excluding ortho intramolecular Hbond substituents is 1. The molecule has 3 heterocycles. The summed E-state index contributed by atoms with van der Waals surface area (Å²) in [5.41, 5.74) is 7.21. The van der Waals surface area contributed by atoms with Crippen LogP contribution in [0.4, 0.5) is 5.69 Å². The predicted molar refractivity (Wildman–Crippen MR) is 157 cm³/mol. The van der Waals surface area contributed by atoms with Gasteiger partial charge >= 0.3 is 0 Å². The summed E-state index contributed by atoms with van der Waals surface area (Å²) in [7, 11) is 0. The SMILES string of the molecule is Cc1nnc2c3cc(-c4ccccc4)c(-c4ccc(CNCCC(=O)Nc5ccccc5O)cc4)nc3ccn12. The normalized spacial score (nSPS) is 11.2. The van der Waals surface area contributed by atoms with E-state index >= 15 is 0 Å². The van der Waals surface area contributed by atoms with Crippen molar-refractivity contribution in [1.82, 2.24) is 24.9 Å². The first-order valence-corrected chi connectivity index (χ1v) is 13.2. The lowest BCUT2D eigenvalue weighted by molar-refractivity contribution is -0.116. The largest absolute Gasteiger partial charge is 0.506 e. The third kappa shape index (κ3) is 5.12. The fourth-order valence-electron chi connectivity index (χ4n) is 4.78. The molecule has 8 nitrogen and oxygen atoms in total. The summed E-state index contributed by atoms with van der Waals surface area (Å²) in [5, 5.41) is 25.5. The molecule has 0 aliphatic carbocycles. The number of amides is 1. The zero-order valence-corrected chi connectivity index (χ0v) is 22.0. The van der Waals surface area contributed by atoms with Crippen molar-refractivity contribution in [3.8, 4) is 28.1 Å². The quantitative estimate of drug-likeness (QED) is 0.172. The molecular weight excluding hydrogens is 500 g/mol. The Labute approximate surface area is 231 Å². The number of carbonyl (C=O) groups is 1. The summed E-state index contributed by atoms with van der Waals surface area (Å²) in [6.45, 7) is 3.08. The highest BCUT2D eigenvalue weighted by Gasteiger charge is 2.15. The number of carbonyl (C=O) groups excluding carboxylic acids is 1. The Balaban J connectivity index is 1.20. The number of para-hydroxylation sites is 2. The number of phenols is 1. The van der Waals surface area contributed by atoms with Crippen LogP contribution in [0.15, 0.2) is 97.2 Å². The molecule has 0 fully saturated rings. The molecular formula is C32H28N6O2. The third-order valence-corrected chi connectivity index (χ3v) is 6.89. The Kier molecular flexibility index (Phi) is 6.91. The Hall–Kier alpha value is -5.08. The first-order chi connectivity index (χ1) is 19.6. The molecule has 0 saturated carbocycles. The van der Waals surface area contributed by atoms with Gasteiger partial charge in [0.2, 0.25) is 5.91 Å². The van der Waals surface area contributed by atoms with Gasteiger partial charge in [0.15, 0.2) is 5.65 Å². The summed E-state index contributed by atoms with van der Waals surface area (Å²) < 4.78 is 1.98. The topological polar surface area (TPSA) is 104 Å². The molecule has 198 valence electrons. The summed E-state index contributed by atoms with van der Waals surface area (Å²) >= 11 is 0. The van der Waals surface area contributed by atoms with E-state index in [2.05, 4.69) is 63.3 Å². The van der Waals surface area contributed by atoms with Gasteiger partial charge in [-0.05, 0) is 42.3 Å². The van der Waals surface area contributed by atoms with Crippen molar-refractivity contribution in [1.29, 1.82) is 0 Å². The van der Waals surface area contributed by atoms with Crippen molar-refractivity contribution in [3.63, 3.8) is 0 Å².